The number of anilines is 1. The molecule has 1 amide bonds. The van der Waals surface area contributed by atoms with Crippen molar-refractivity contribution in [1.82, 2.24) is 9.55 Å². The summed E-state index contributed by atoms with van der Waals surface area (Å²) in [6.45, 7) is 2.28. The van der Waals surface area contributed by atoms with E-state index in [0.717, 1.165) is 22.2 Å². The number of fused-ring (bicyclic) bond motifs is 3. The summed E-state index contributed by atoms with van der Waals surface area (Å²) >= 11 is 0. The van der Waals surface area contributed by atoms with Crippen molar-refractivity contribution in [2.24, 2.45) is 5.92 Å². The summed E-state index contributed by atoms with van der Waals surface area (Å²) in [7, 11) is 0. The number of hydrogen-bond donors (Lipinski definition) is 0. The van der Waals surface area contributed by atoms with Gasteiger partial charge in [-0.3, -0.25) is 14.5 Å². The third-order valence-corrected chi connectivity index (χ3v) is 5.81. The molecule has 1 aliphatic heterocycles. The van der Waals surface area contributed by atoms with E-state index in [1.54, 1.807) is 11.8 Å². The van der Waals surface area contributed by atoms with Crippen molar-refractivity contribution in [3.8, 4) is 0 Å². The highest BCUT2D eigenvalue weighted by Gasteiger charge is 2.47. The topological polar surface area (TPSA) is 64.4 Å². The van der Waals surface area contributed by atoms with Gasteiger partial charge in [-0.05, 0) is 30.2 Å². The Labute approximate surface area is 186 Å². The summed E-state index contributed by atoms with van der Waals surface area (Å²) in [5.41, 5.74) is 3.47. The van der Waals surface area contributed by atoms with Gasteiger partial charge in [-0.1, -0.05) is 72.8 Å². The zero-order valence-corrected chi connectivity index (χ0v) is 17.7. The standard InChI is InChI=1S/C26H23N3O3/c1-2-32-25(31)22-23(19-13-7-4-8-14-19)29-21-16-10-9-15-20(21)27-26(29)28(24(22)30)17-18-11-5-3-6-12-18/h3-16,22-23H,2,17H2,1H3/t22-,23+/m1/s1. The van der Waals surface area contributed by atoms with Crippen LogP contribution in [0.5, 0.6) is 0 Å². The maximum atomic E-state index is 13.8. The van der Waals surface area contributed by atoms with Crippen molar-refractivity contribution in [3.05, 3.63) is 96.1 Å². The zero-order valence-electron chi connectivity index (χ0n) is 17.7. The van der Waals surface area contributed by atoms with Gasteiger partial charge in [-0.15, -0.1) is 0 Å². The van der Waals surface area contributed by atoms with E-state index in [2.05, 4.69) is 0 Å². The first-order valence-corrected chi connectivity index (χ1v) is 10.7. The van der Waals surface area contributed by atoms with Gasteiger partial charge >= 0.3 is 5.97 Å². The van der Waals surface area contributed by atoms with Crippen molar-refractivity contribution in [2.75, 3.05) is 11.5 Å². The number of amides is 1. The van der Waals surface area contributed by atoms with E-state index in [1.165, 1.54) is 0 Å². The number of imidazole rings is 1. The van der Waals surface area contributed by atoms with Gasteiger partial charge in [0.2, 0.25) is 11.9 Å². The van der Waals surface area contributed by atoms with E-state index in [9.17, 15) is 9.59 Å². The minimum Gasteiger partial charge on any atom is -0.465 e. The summed E-state index contributed by atoms with van der Waals surface area (Å²) < 4.78 is 7.40. The minimum atomic E-state index is -1.01. The first-order chi connectivity index (χ1) is 15.7. The molecule has 3 aromatic carbocycles. The lowest BCUT2D eigenvalue weighted by Crippen LogP contribution is -2.49. The van der Waals surface area contributed by atoms with Gasteiger partial charge < -0.3 is 9.30 Å². The molecule has 0 N–H and O–H groups in total. The van der Waals surface area contributed by atoms with E-state index in [0.29, 0.717) is 12.5 Å². The molecule has 4 aromatic rings. The number of nitrogens with zero attached hydrogens (tertiary/aromatic N) is 3. The van der Waals surface area contributed by atoms with Crippen LogP contribution >= 0.6 is 0 Å². The molecule has 160 valence electrons. The predicted molar refractivity (Wildman–Crippen MR) is 122 cm³/mol. The van der Waals surface area contributed by atoms with Crippen molar-refractivity contribution in [1.29, 1.82) is 0 Å². The van der Waals surface area contributed by atoms with Crippen LogP contribution in [0.25, 0.3) is 11.0 Å². The smallest absolute Gasteiger partial charge is 0.321 e. The van der Waals surface area contributed by atoms with Crippen LogP contribution in [0.1, 0.15) is 24.1 Å². The Bertz CT molecular complexity index is 1270. The summed E-state index contributed by atoms with van der Waals surface area (Å²) in [5, 5.41) is 0. The Balaban J connectivity index is 1.75. The summed E-state index contributed by atoms with van der Waals surface area (Å²) in [5.74, 6) is -1.29. The summed E-state index contributed by atoms with van der Waals surface area (Å²) in [6, 6.07) is 26.6. The van der Waals surface area contributed by atoms with Crippen LogP contribution in [0.2, 0.25) is 0 Å². The van der Waals surface area contributed by atoms with Crippen LogP contribution in [0, 0.1) is 5.92 Å². The van der Waals surface area contributed by atoms with E-state index in [4.69, 9.17) is 9.72 Å². The fourth-order valence-electron chi connectivity index (χ4n) is 4.42. The van der Waals surface area contributed by atoms with Crippen LogP contribution in [0.4, 0.5) is 5.95 Å². The molecule has 0 unspecified atom stereocenters. The zero-order chi connectivity index (χ0) is 22.1. The SMILES string of the molecule is CCOC(=O)[C@H]1C(=O)N(Cc2ccccc2)c2nc3ccccc3n2[C@H]1c1ccccc1. The number of para-hydroxylation sites is 2. The average molecular weight is 425 g/mol. The number of aromatic nitrogens is 2. The highest BCUT2D eigenvalue weighted by Crippen LogP contribution is 2.41. The second-order valence-corrected chi connectivity index (χ2v) is 7.77. The van der Waals surface area contributed by atoms with E-state index >= 15 is 0 Å². The van der Waals surface area contributed by atoms with Gasteiger partial charge in [0.25, 0.3) is 0 Å². The molecule has 32 heavy (non-hydrogen) atoms. The molecule has 0 spiro atoms. The monoisotopic (exact) mass is 425 g/mol. The largest absolute Gasteiger partial charge is 0.465 e. The molecule has 0 saturated carbocycles. The molecule has 6 nitrogen and oxygen atoms in total. The van der Waals surface area contributed by atoms with Gasteiger partial charge in [0.15, 0.2) is 5.92 Å². The maximum absolute atomic E-state index is 13.8. The van der Waals surface area contributed by atoms with Gasteiger partial charge in [0.05, 0.1) is 30.2 Å². The number of esters is 1. The second kappa shape index (κ2) is 8.30. The van der Waals surface area contributed by atoms with Gasteiger partial charge in [-0.25, -0.2) is 4.98 Å². The molecule has 2 heterocycles. The first kappa shape index (κ1) is 20.0. The number of benzene rings is 3. The number of rotatable bonds is 5. The number of carbonyl (C=O) groups is 2. The number of ether oxygens (including phenoxy) is 1. The molecular weight excluding hydrogens is 402 g/mol. The third-order valence-electron chi connectivity index (χ3n) is 5.81. The van der Waals surface area contributed by atoms with Gasteiger partial charge in [0, 0.05) is 0 Å². The van der Waals surface area contributed by atoms with Crippen molar-refractivity contribution >= 4 is 28.9 Å². The summed E-state index contributed by atoms with van der Waals surface area (Å²) in [4.78, 5) is 33.4. The highest BCUT2D eigenvalue weighted by molar-refractivity contribution is 6.08. The Morgan fingerprint density at radius 1 is 0.938 bits per heavy atom. The minimum absolute atomic E-state index is 0.209. The maximum Gasteiger partial charge on any atom is 0.321 e. The molecule has 1 aliphatic rings. The molecule has 0 aliphatic carbocycles. The molecule has 5 rings (SSSR count). The van der Waals surface area contributed by atoms with Crippen molar-refractivity contribution < 1.29 is 14.3 Å². The Morgan fingerprint density at radius 2 is 1.59 bits per heavy atom. The average Bonchev–Trinajstić information content (AvgIpc) is 3.21. The Hall–Kier alpha value is -3.93. The van der Waals surface area contributed by atoms with Crippen LogP contribution in [-0.2, 0) is 20.9 Å². The van der Waals surface area contributed by atoms with Crippen LogP contribution in [-0.4, -0.2) is 28.0 Å². The molecule has 1 aromatic heterocycles. The number of hydrogen-bond acceptors (Lipinski definition) is 4. The summed E-state index contributed by atoms with van der Waals surface area (Å²) in [6.07, 6.45) is 0. The molecule has 0 radical (unpaired) electrons. The van der Waals surface area contributed by atoms with Crippen molar-refractivity contribution in [2.45, 2.75) is 19.5 Å². The van der Waals surface area contributed by atoms with Gasteiger partial charge in [-0.2, -0.15) is 0 Å². The fraction of sp³-hybridized carbons (Fsp3) is 0.192. The molecule has 0 saturated heterocycles. The molecule has 6 heteroatoms. The molecule has 2 atom stereocenters. The number of carbonyl (C=O) groups excluding carboxylic acids is 2. The molecule has 0 bridgehead atoms. The van der Waals surface area contributed by atoms with Crippen LogP contribution in [0.3, 0.4) is 0 Å². The van der Waals surface area contributed by atoms with E-state index < -0.39 is 17.9 Å². The van der Waals surface area contributed by atoms with Crippen LogP contribution in [0.15, 0.2) is 84.9 Å². The quantitative estimate of drug-likeness (QED) is 0.352. The fourth-order valence-corrected chi connectivity index (χ4v) is 4.42. The second-order valence-electron chi connectivity index (χ2n) is 7.77. The van der Waals surface area contributed by atoms with Gasteiger partial charge in [0.1, 0.15) is 0 Å². The normalized spacial score (nSPS) is 17.9. The Kier molecular flexibility index (Phi) is 5.19. The Morgan fingerprint density at radius 3 is 2.31 bits per heavy atom. The predicted octanol–water partition coefficient (Wildman–Crippen LogP) is 4.35. The van der Waals surface area contributed by atoms with Crippen LogP contribution < -0.4 is 4.90 Å². The molecule has 0 fully saturated rings. The third kappa shape index (κ3) is 3.34. The van der Waals surface area contributed by atoms with E-state index in [1.807, 2.05) is 89.5 Å². The van der Waals surface area contributed by atoms with Crippen molar-refractivity contribution in [3.63, 3.8) is 0 Å². The first-order valence-electron chi connectivity index (χ1n) is 10.7. The lowest BCUT2D eigenvalue weighted by Gasteiger charge is -2.38. The highest BCUT2D eigenvalue weighted by atomic mass is 16.5. The molecular formula is C26H23N3O3. The lowest BCUT2D eigenvalue weighted by atomic mass is 9.89. The van der Waals surface area contributed by atoms with E-state index in [-0.39, 0.29) is 12.5 Å². The lowest BCUT2D eigenvalue weighted by molar-refractivity contribution is -0.153.